The molecule has 0 amide bonds. The number of benzene rings is 1. The Morgan fingerprint density at radius 1 is 1.46 bits per heavy atom. The summed E-state index contributed by atoms with van der Waals surface area (Å²) in [6.45, 7) is 3.51. The summed E-state index contributed by atoms with van der Waals surface area (Å²) in [5.41, 5.74) is 1.75. The minimum absolute atomic E-state index is 0.166. The topological polar surface area (TPSA) is 20.2 Å². The highest BCUT2D eigenvalue weighted by Gasteiger charge is 2.00. The predicted molar refractivity (Wildman–Crippen MR) is 51.1 cm³/mol. The van der Waals surface area contributed by atoms with Crippen LogP contribution in [0.1, 0.15) is 24.5 Å². The summed E-state index contributed by atoms with van der Waals surface area (Å²) < 4.78 is 12.8. The third-order valence-corrected chi connectivity index (χ3v) is 2.07. The van der Waals surface area contributed by atoms with E-state index >= 15 is 0 Å². The van der Waals surface area contributed by atoms with Gasteiger partial charge in [-0.1, -0.05) is 12.1 Å². The van der Waals surface area contributed by atoms with Gasteiger partial charge >= 0.3 is 0 Å². The lowest BCUT2D eigenvalue weighted by molar-refractivity contribution is 0.185. The molecule has 0 saturated carbocycles. The van der Waals surface area contributed by atoms with Crippen molar-refractivity contribution >= 4 is 0 Å². The molecule has 1 atom stereocenters. The van der Waals surface area contributed by atoms with E-state index in [9.17, 15) is 4.39 Å². The van der Waals surface area contributed by atoms with Crippen molar-refractivity contribution in [3.63, 3.8) is 0 Å². The van der Waals surface area contributed by atoms with Crippen molar-refractivity contribution in [2.75, 3.05) is 0 Å². The van der Waals surface area contributed by atoms with Crippen molar-refractivity contribution in [3.8, 4) is 0 Å². The molecule has 72 valence electrons. The van der Waals surface area contributed by atoms with Crippen molar-refractivity contribution < 1.29 is 9.50 Å². The Balaban J connectivity index is 2.63. The zero-order valence-corrected chi connectivity index (χ0v) is 8.05. The summed E-state index contributed by atoms with van der Waals surface area (Å²) in [5, 5.41) is 9.06. The summed E-state index contributed by atoms with van der Waals surface area (Å²) in [4.78, 5) is 0. The van der Waals surface area contributed by atoms with E-state index in [-0.39, 0.29) is 11.9 Å². The SMILES string of the molecule is Cc1cc(CCC(C)O)ccc1F. The van der Waals surface area contributed by atoms with Gasteiger partial charge in [0.05, 0.1) is 6.10 Å². The first-order valence-corrected chi connectivity index (χ1v) is 4.52. The monoisotopic (exact) mass is 182 g/mol. The van der Waals surface area contributed by atoms with Gasteiger partial charge in [-0.2, -0.15) is 0 Å². The fourth-order valence-electron chi connectivity index (χ4n) is 1.24. The number of hydrogen-bond acceptors (Lipinski definition) is 1. The van der Waals surface area contributed by atoms with Gasteiger partial charge in [0, 0.05) is 0 Å². The fraction of sp³-hybridized carbons (Fsp3) is 0.455. The normalized spacial score (nSPS) is 12.9. The molecule has 1 nitrogen and oxygen atoms in total. The van der Waals surface area contributed by atoms with E-state index in [0.717, 1.165) is 18.4 Å². The molecule has 0 fully saturated rings. The van der Waals surface area contributed by atoms with E-state index < -0.39 is 0 Å². The average Bonchev–Trinajstić information content (AvgIpc) is 2.07. The Bertz CT molecular complexity index is 281. The second-order valence-corrected chi connectivity index (χ2v) is 3.47. The molecule has 13 heavy (non-hydrogen) atoms. The van der Waals surface area contributed by atoms with Gasteiger partial charge < -0.3 is 5.11 Å². The maximum atomic E-state index is 12.8. The molecule has 0 saturated heterocycles. The molecule has 0 aliphatic carbocycles. The summed E-state index contributed by atoms with van der Waals surface area (Å²) >= 11 is 0. The molecule has 1 N–H and O–H groups in total. The molecule has 1 aromatic rings. The molecule has 0 aliphatic heterocycles. The quantitative estimate of drug-likeness (QED) is 0.761. The molecule has 0 aliphatic rings. The van der Waals surface area contributed by atoms with Crippen LogP contribution in [0, 0.1) is 12.7 Å². The molecule has 0 bridgehead atoms. The third kappa shape index (κ3) is 3.15. The molecule has 0 spiro atoms. The van der Waals surface area contributed by atoms with Crippen LogP contribution in [0.4, 0.5) is 4.39 Å². The first-order chi connectivity index (χ1) is 6.09. The second kappa shape index (κ2) is 4.38. The van der Waals surface area contributed by atoms with Crippen molar-refractivity contribution in [3.05, 3.63) is 35.1 Å². The van der Waals surface area contributed by atoms with Gasteiger partial charge in [0.1, 0.15) is 5.82 Å². The first kappa shape index (κ1) is 10.2. The van der Waals surface area contributed by atoms with Crippen LogP contribution < -0.4 is 0 Å². The van der Waals surface area contributed by atoms with Gasteiger partial charge in [0.25, 0.3) is 0 Å². The number of hydrogen-bond donors (Lipinski definition) is 1. The van der Waals surface area contributed by atoms with Crippen molar-refractivity contribution in [1.29, 1.82) is 0 Å². The van der Waals surface area contributed by atoms with Crippen LogP contribution in [0.3, 0.4) is 0 Å². The van der Waals surface area contributed by atoms with Crippen LogP contribution in [0.5, 0.6) is 0 Å². The van der Waals surface area contributed by atoms with E-state index in [1.54, 1.807) is 19.9 Å². The molecule has 0 aromatic heterocycles. The average molecular weight is 182 g/mol. The van der Waals surface area contributed by atoms with Crippen LogP contribution in [0.15, 0.2) is 18.2 Å². The Hall–Kier alpha value is -0.890. The molecular weight excluding hydrogens is 167 g/mol. The van der Waals surface area contributed by atoms with Crippen LogP contribution in [-0.2, 0) is 6.42 Å². The highest BCUT2D eigenvalue weighted by atomic mass is 19.1. The highest BCUT2D eigenvalue weighted by Crippen LogP contribution is 2.11. The maximum Gasteiger partial charge on any atom is 0.126 e. The maximum absolute atomic E-state index is 12.8. The Labute approximate surface area is 78.2 Å². The number of aryl methyl sites for hydroxylation is 2. The summed E-state index contributed by atoms with van der Waals surface area (Å²) in [6, 6.07) is 5.08. The van der Waals surface area contributed by atoms with Gasteiger partial charge in [-0.25, -0.2) is 4.39 Å². The molecule has 1 aromatic carbocycles. The smallest absolute Gasteiger partial charge is 0.126 e. The largest absolute Gasteiger partial charge is 0.393 e. The lowest BCUT2D eigenvalue weighted by atomic mass is 10.1. The summed E-state index contributed by atoms with van der Waals surface area (Å²) in [5.74, 6) is -0.166. The second-order valence-electron chi connectivity index (χ2n) is 3.47. The van der Waals surface area contributed by atoms with Crippen molar-refractivity contribution in [1.82, 2.24) is 0 Å². The van der Waals surface area contributed by atoms with E-state index in [2.05, 4.69) is 0 Å². The Morgan fingerprint density at radius 2 is 2.15 bits per heavy atom. The number of aliphatic hydroxyl groups excluding tert-OH is 1. The number of aliphatic hydroxyl groups is 1. The lowest BCUT2D eigenvalue weighted by Crippen LogP contribution is -2.01. The van der Waals surface area contributed by atoms with E-state index in [0.29, 0.717) is 5.56 Å². The standard InChI is InChI=1S/C11H15FO/c1-8-7-10(4-3-9(2)13)5-6-11(8)12/h5-7,9,13H,3-4H2,1-2H3. The first-order valence-electron chi connectivity index (χ1n) is 4.52. The van der Waals surface area contributed by atoms with E-state index in [1.165, 1.54) is 6.07 Å². The Morgan fingerprint density at radius 3 is 2.69 bits per heavy atom. The minimum atomic E-state index is -0.287. The molecule has 2 heteroatoms. The summed E-state index contributed by atoms with van der Waals surface area (Å²) in [6.07, 6.45) is 1.24. The molecule has 1 unspecified atom stereocenters. The number of rotatable bonds is 3. The van der Waals surface area contributed by atoms with E-state index in [4.69, 9.17) is 5.11 Å². The van der Waals surface area contributed by atoms with Crippen LogP contribution in [0.25, 0.3) is 0 Å². The van der Waals surface area contributed by atoms with Gasteiger partial charge in [0.15, 0.2) is 0 Å². The van der Waals surface area contributed by atoms with Crippen LogP contribution >= 0.6 is 0 Å². The predicted octanol–water partition coefficient (Wildman–Crippen LogP) is 2.45. The van der Waals surface area contributed by atoms with Gasteiger partial charge in [-0.15, -0.1) is 0 Å². The Kier molecular flexibility index (Phi) is 3.43. The lowest BCUT2D eigenvalue weighted by Gasteiger charge is -2.05. The molecule has 1 rings (SSSR count). The fourth-order valence-corrected chi connectivity index (χ4v) is 1.24. The van der Waals surface area contributed by atoms with Gasteiger partial charge in [-0.3, -0.25) is 0 Å². The third-order valence-electron chi connectivity index (χ3n) is 2.07. The molecule has 0 heterocycles. The molecular formula is C11H15FO. The number of halogens is 1. The van der Waals surface area contributed by atoms with E-state index in [1.807, 2.05) is 6.07 Å². The van der Waals surface area contributed by atoms with Gasteiger partial charge in [0.2, 0.25) is 0 Å². The van der Waals surface area contributed by atoms with Gasteiger partial charge in [-0.05, 0) is 43.9 Å². The van der Waals surface area contributed by atoms with Crippen LogP contribution in [-0.4, -0.2) is 11.2 Å². The zero-order chi connectivity index (χ0) is 9.84. The van der Waals surface area contributed by atoms with Crippen molar-refractivity contribution in [2.24, 2.45) is 0 Å². The zero-order valence-electron chi connectivity index (χ0n) is 8.05. The highest BCUT2D eigenvalue weighted by molar-refractivity contribution is 5.23. The van der Waals surface area contributed by atoms with Crippen LogP contribution in [0.2, 0.25) is 0 Å². The molecule has 0 radical (unpaired) electrons. The van der Waals surface area contributed by atoms with Crippen molar-refractivity contribution in [2.45, 2.75) is 32.8 Å². The minimum Gasteiger partial charge on any atom is -0.393 e. The summed E-state index contributed by atoms with van der Waals surface area (Å²) in [7, 11) is 0.